The number of carbonyl (C=O) groups excluding carboxylic acids is 1. The molecule has 0 bridgehead atoms. The third-order valence-corrected chi connectivity index (χ3v) is 4.82. The predicted octanol–water partition coefficient (Wildman–Crippen LogP) is 3.84. The van der Waals surface area contributed by atoms with Crippen molar-refractivity contribution in [1.82, 2.24) is 10.6 Å². The van der Waals surface area contributed by atoms with Gasteiger partial charge in [-0.05, 0) is 63.6 Å². The molecule has 2 aromatic carbocycles. The number of piperidine rings is 1. The standard InChI is InChI=1S/C23H30N2O4.ClH/c1-3-27-22-16-18(23(26)25-19-11-12-24-17(2)15-19)9-10-21(22)29-14-13-28-20-7-5-4-6-8-20;/h4-10,16-17,19,24H,3,11-15H2,1-2H3,(H,25,26);1H. The summed E-state index contributed by atoms with van der Waals surface area (Å²) in [6.45, 7) is 6.27. The highest BCUT2D eigenvalue weighted by Crippen LogP contribution is 2.28. The van der Waals surface area contributed by atoms with E-state index in [0.717, 1.165) is 25.1 Å². The van der Waals surface area contributed by atoms with Crippen LogP contribution in [0, 0.1) is 0 Å². The predicted molar refractivity (Wildman–Crippen MR) is 120 cm³/mol. The third-order valence-electron chi connectivity index (χ3n) is 4.82. The van der Waals surface area contributed by atoms with Crippen LogP contribution in [0.3, 0.4) is 0 Å². The number of ether oxygens (including phenoxy) is 3. The van der Waals surface area contributed by atoms with E-state index in [9.17, 15) is 4.79 Å². The summed E-state index contributed by atoms with van der Waals surface area (Å²) in [5, 5.41) is 6.52. The van der Waals surface area contributed by atoms with Crippen molar-refractivity contribution in [1.29, 1.82) is 0 Å². The Morgan fingerprint density at radius 2 is 1.83 bits per heavy atom. The average molecular weight is 435 g/mol. The minimum atomic E-state index is -0.0796. The van der Waals surface area contributed by atoms with Gasteiger partial charge in [-0.25, -0.2) is 0 Å². The zero-order valence-corrected chi connectivity index (χ0v) is 18.4. The van der Waals surface area contributed by atoms with E-state index in [4.69, 9.17) is 14.2 Å². The molecule has 1 heterocycles. The summed E-state index contributed by atoms with van der Waals surface area (Å²) in [7, 11) is 0. The molecule has 0 spiro atoms. The van der Waals surface area contributed by atoms with Crippen LogP contribution in [0.4, 0.5) is 0 Å². The third kappa shape index (κ3) is 7.11. The van der Waals surface area contributed by atoms with E-state index in [2.05, 4.69) is 17.6 Å². The molecule has 0 radical (unpaired) electrons. The Bertz CT molecular complexity index is 788. The van der Waals surface area contributed by atoms with Gasteiger partial charge in [-0.1, -0.05) is 18.2 Å². The number of hydrogen-bond donors (Lipinski definition) is 2. The number of nitrogens with one attached hydrogen (secondary N) is 2. The fourth-order valence-electron chi connectivity index (χ4n) is 3.40. The fourth-order valence-corrected chi connectivity index (χ4v) is 3.40. The van der Waals surface area contributed by atoms with Gasteiger partial charge in [0.2, 0.25) is 0 Å². The highest BCUT2D eigenvalue weighted by atomic mass is 35.5. The van der Waals surface area contributed by atoms with Crippen molar-refractivity contribution in [2.75, 3.05) is 26.4 Å². The van der Waals surface area contributed by atoms with Crippen LogP contribution in [-0.4, -0.2) is 44.4 Å². The van der Waals surface area contributed by atoms with E-state index in [1.165, 1.54) is 0 Å². The first kappa shape index (κ1) is 23.8. The lowest BCUT2D eigenvalue weighted by Crippen LogP contribution is -2.46. The van der Waals surface area contributed by atoms with Gasteiger partial charge in [0.25, 0.3) is 5.91 Å². The normalized spacial score (nSPS) is 18.1. The molecule has 1 saturated heterocycles. The Morgan fingerprint density at radius 1 is 1.07 bits per heavy atom. The van der Waals surface area contributed by atoms with Crippen LogP contribution in [0.25, 0.3) is 0 Å². The second-order valence-corrected chi connectivity index (χ2v) is 7.15. The highest BCUT2D eigenvalue weighted by Gasteiger charge is 2.21. The number of hydrogen-bond acceptors (Lipinski definition) is 5. The van der Waals surface area contributed by atoms with Gasteiger partial charge in [0.15, 0.2) is 11.5 Å². The Hall–Kier alpha value is -2.44. The van der Waals surface area contributed by atoms with E-state index in [1.54, 1.807) is 18.2 Å². The van der Waals surface area contributed by atoms with Gasteiger partial charge in [-0.3, -0.25) is 4.79 Å². The monoisotopic (exact) mass is 434 g/mol. The van der Waals surface area contributed by atoms with Crippen LogP contribution in [0.1, 0.15) is 37.0 Å². The van der Waals surface area contributed by atoms with Crippen LogP contribution in [0.5, 0.6) is 17.2 Å². The molecule has 2 unspecified atom stereocenters. The zero-order chi connectivity index (χ0) is 20.5. The van der Waals surface area contributed by atoms with Crippen LogP contribution in [-0.2, 0) is 0 Å². The zero-order valence-electron chi connectivity index (χ0n) is 17.6. The van der Waals surface area contributed by atoms with Crippen LogP contribution in [0.15, 0.2) is 48.5 Å². The van der Waals surface area contributed by atoms with E-state index < -0.39 is 0 Å². The van der Waals surface area contributed by atoms with Crippen molar-refractivity contribution < 1.29 is 19.0 Å². The molecule has 164 valence electrons. The number of benzene rings is 2. The molecule has 1 aliphatic rings. The summed E-state index contributed by atoms with van der Waals surface area (Å²) < 4.78 is 17.2. The first-order chi connectivity index (χ1) is 14.2. The van der Waals surface area contributed by atoms with Crippen LogP contribution >= 0.6 is 12.4 Å². The minimum Gasteiger partial charge on any atom is -0.490 e. The highest BCUT2D eigenvalue weighted by molar-refractivity contribution is 5.95. The molecular formula is C23H31ClN2O4. The topological polar surface area (TPSA) is 68.8 Å². The molecule has 2 aromatic rings. The minimum absolute atomic E-state index is 0. The largest absolute Gasteiger partial charge is 0.490 e. The summed E-state index contributed by atoms with van der Waals surface area (Å²) in [5.74, 6) is 1.90. The first-order valence-electron chi connectivity index (χ1n) is 10.3. The number of amides is 1. The lowest BCUT2D eigenvalue weighted by molar-refractivity contribution is 0.0925. The van der Waals surface area contributed by atoms with Crippen molar-refractivity contribution in [3.05, 3.63) is 54.1 Å². The van der Waals surface area contributed by atoms with Gasteiger partial charge in [-0.2, -0.15) is 0 Å². The molecule has 0 saturated carbocycles. The second-order valence-electron chi connectivity index (χ2n) is 7.15. The molecule has 2 N–H and O–H groups in total. The maximum Gasteiger partial charge on any atom is 0.251 e. The Kier molecular flexibility index (Phi) is 9.77. The first-order valence-corrected chi connectivity index (χ1v) is 10.3. The number of halogens is 1. The number of carbonyl (C=O) groups is 1. The van der Waals surface area contributed by atoms with Crippen molar-refractivity contribution in [2.45, 2.75) is 38.8 Å². The molecule has 3 rings (SSSR count). The molecule has 6 nitrogen and oxygen atoms in total. The van der Waals surface area contributed by atoms with Crippen LogP contribution < -0.4 is 24.8 Å². The van der Waals surface area contributed by atoms with Crippen molar-refractivity contribution in [3.8, 4) is 17.2 Å². The molecule has 7 heteroatoms. The van der Waals surface area contributed by atoms with E-state index in [1.807, 2.05) is 37.3 Å². The molecule has 1 fully saturated rings. The van der Waals surface area contributed by atoms with Gasteiger partial charge in [0, 0.05) is 17.6 Å². The molecule has 0 aliphatic carbocycles. The molecule has 1 amide bonds. The van der Waals surface area contributed by atoms with E-state index >= 15 is 0 Å². The summed E-state index contributed by atoms with van der Waals surface area (Å²) in [6.07, 6.45) is 1.88. The summed E-state index contributed by atoms with van der Waals surface area (Å²) >= 11 is 0. The number of para-hydroxylation sites is 1. The quantitative estimate of drug-likeness (QED) is 0.587. The maximum absolute atomic E-state index is 12.7. The molecule has 30 heavy (non-hydrogen) atoms. The lowest BCUT2D eigenvalue weighted by Gasteiger charge is -2.28. The average Bonchev–Trinajstić information content (AvgIpc) is 2.73. The van der Waals surface area contributed by atoms with E-state index in [0.29, 0.717) is 42.9 Å². The maximum atomic E-state index is 12.7. The van der Waals surface area contributed by atoms with Crippen molar-refractivity contribution in [3.63, 3.8) is 0 Å². The van der Waals surface area contributed by atoms with Gasteiger partial charge in [0.1, 0.15) is 19.0 Å². The fraction of sp³-hybridized carbons (Fsp3) is 0.435. The summed E-state index contributed by atoms with van der Waals surface area (Å²) in [4.78, 5) is 12.7. The van der Waals surface area contributed by atoms with Crippen molar-refractivity contribution >= 4 is 18.3 Å². The van der Waals surface area contributed by atoms with E-state index in [-0.39, 0.29) is 24.4 Å². The van der Waals surface area contributed by atoms with Gasteiger partial charge in [-0.15, -0.1) is 12.4 Å². The van der Waals surface area contributed by atoms with Gasteiger partial charge in [0.05, 0.1) is 6.61 Å². The SMILES string of the molecule is CCOc1cc(C(=O)NC2CCNC(C)C2)ccc1OCCOc1ccccc1.Cl. The summed E-state index contributed by atoms with van der Waals surface area (Å²) in [6, 6.07) is 15.5. The molecule has 1 aliphatic heterocycles. The van der Waals surface area contributed by atoms with Gasteiger partial charge >= 0.3 is 0 Å². The molecule has 0 aromatic heterocycles. The lowest BCUT2D eigenvalue weighted by atomic mass is 10.0. The smallest absolute Gasteiger partial charge is 0.251 e. The van der Waals surface area contributed by atoms with Crippen LogP contribution in [0.2, 0.25) is 0 Å². The second kappa shape index (κ2) is 12.3. The summed E-state index contributed by atoms with van der Waals surface area (Å²) in [5.41, 5.74) is 0.576. The van der Waals surface area contributed by atoms with Crippen molar-refractivity contribution in [2.24, 2.45) is 0 Å². The van der Waals surface area contributed by atoms with Gasteiger partial charge < -0.3 is 24.8 Å². The molecular weight excluding hydrogens is 404 g/mol. The Balaban J connectivity index is 0.00000320. The molecule has 2 atom stereocenters. The number of rotatable bonds is 9. The Labute approximate surface area is 184 Å². The Morgan fingerprint density at radius 3 is 2.57 bits per heavy atom.